The van der Waals surface area contributed by atoms with Crippen molar-refractivity contribution in [2.24, 2.45) is 0 Å². The fraction of sp³-hybridized carbons (Fsp3) is 0.458. The first kappa shape index (κ1) is 24.9. The molecule has 2 aliphatic heterocycles. The summed E-state index contributed by atoms with van der Waals surface area (Å²) in [7, 11) is 0. The van der Waals surface area contributed by atoms with Gasteiger partial charge in [0.05, 0.1) is 11.1 Å². The lowest BCUT2D eigenvalue weighted by atomic mass is 9.84. The smallest absolute Gasteiger partial charge is 0.338 e. The third-order valence-corrected chi connectivity index (χ3v) is 7.38. The van der Waals surface area contributed by atoms with Gasteiger partial charge in [-0.2, -0.15) is 38.1 Å². The Kier molecular flexibility index (Phi) is 7.19. The van der Waals surface area contributed by atoms with E-state index in [2.05, 4.69) is 4.90 Å². The minimum absolute atomic E-state index is 0.0458. The third kappa shape index (κ3) is 5.54. The number of likely N-dealkylation sites (tertiary alicyclic amines) is 1. The van der Waals surface area contributed by atoms with Crippen LogP contribution in [0, 0.1) is 0 Å². The summed E-state index contributed by atoms with van der Waals surface area (Å²) in [6.45, 7) is 2.33. The molecule has 2 fully saturated rings. The van der Waals surface area contributed by atoms with Crippen LogP contribution in [0.5, 0.6) is 0 Å². The lowest BCUT2D eigenvalue weighted by Gasteiger charge is -2.45. The zero-order valence-corrected chi connectivity index (χ0v) is 19.0. The van der Waals surface area contributed by atoms with Crippen LogP contribution < -0.4 is 0 Å². The minimum atomic E-state index is -5.00. The Morgan fingerprint density at radius 2 is 1.44 bits per heavy atom. The topological polar surface area (TPSA) is 23.6 Å². The van der Waals surface area contributed by atoms with Crippen molar-refractivity contribution in [2.45, 2.75) is 30.7 Å². The molecule has 3 nitrogen and oxygen atoms in total. The first-order valence-corrected chi connectivity index (χ1v) is 12.1. The van der Waals surface area contributed by atoms with E-state index in [0.717, 1.165) is 30.2 Å². The van der Waals surface area contributed by atoms with E-state index in [0.29, 0.717) is 18.6 Å². The van der Waals surface area contributed by atoms with Crippen LogP contribution >= 0.6 is 11.8 Å². The maximum atomic E-state index is 13.3. The van der Waals surface area contributed by atoms with Crippen molar-refractivity contribution < 1.29 is 31.1 Å². The summed E-state index contributed by atoms with van der Waals surface area (Å²) in [6, 6.07) is 10.8. The molecule has 4 rings (SSSR count). The van der Waals surface area contributed by atoms with Gasteiger partial charge in [0.15, 0.2) is 0 Å². The van der Waals surface area contributed by atoms with E-state index < -0.39 is 35.0 Å². The van der Waals surface area contributed by atoms with Gasteiger partial charge in [-0.1, -0.05) is 30.3 Å². The van der Waals surface area contributed by atoms with Gasteiger partial charge in [-0.15, -0.1) is 0 Å². The number of carbonyl (C=O) groups excluding carboxylic acids is 1. The third-order valence-electron chi connectivity index (χ3n) is 6.44. The number of benzene rings is 2. The maximum Gasteiger partial charge on any atom is 0.416 e. The molecule has 0 spiro atoms. The molecule has 0 N–H and O–H groups in total. The summed E-state index contributed by atoms with van der Waals surface area (Å²) < 4.78 is 79.7. The largest absolute Gasteiger partial charge is 0.416 e. The van der Waals surface area contributed by atoms with Crippen LogP contribution in [0.15, 0.2) is 48.5 Å². The van der Waals surface area contributed by atoms with Crippen molar-refractivity contribution in [1.29, 1.82) is 0 Å². The van der Waals surface area contributed by atoms with E-state index in [1.54, 1.807) is 0 Å². The standard InChI is InChI=1S/C24H24F6N2OS/c25-23(26,27)18-12-17(13-19(14-18)24(28,29)30)22(33)32-7-6-21(31-8-10-34-11-9-31)20(15-32)16-4-2-1-3-5-16/h1-5,12-14,20-21H,6-11,15H2/t20-,21-/m1/s1. The average Bonchev–Trinajstić information content (AvgIpc) is 2.83. The first-order chi connectivity index (χ1) is 16.0. The molecule has 0 unspecified atom stereocenters. The average molecular weight is 503 g/mol. The maximum absolute atomic E-state index is 13.3. The number of nitrogens with zero attached hydrogens (tertiary/aromatic N) is 2. The highest BCUT2D eigenvalue weighted by atomic mass is 32.2. The molecule has 2 atom stereocenters. The van der Waals surface area contributed by atoms with Crippen molar-refractivity contribution in [2.75, 3.05) is 37.7 Å². The molecule has 10 heteroatoms. The summed E-state index contributed by atoms with van der Waals surface area (Å²) in [5.74, 6) is 1.11. The number of amides is 1. The molecule has 0 radical (unpaired) electrons. The van der Waals surface area contributed by atoms with Crippen LogP contribution in [-0.4, -0.2) is 59.4 Å². The molecule has 34 heavy (non-hydrogen) atoms. The zero-order valence-electron chi connectivity index (χ0n) is 18.2. The summed E-state index contributed by atoms with van der Waals surface area (Å²) in [5.41, 5.74) is -2.55. The Bertz CT molecular complexity index is 973. The number of alkyl halides is 6. The second-order valence-electron chi connectivity index (χ2n) is 8.57. The van der Waals surface area contributed by atoms with Gasteiger partial charge in [-0.05, 0) is 30.2 Å². The molecule has 0 bridgehead atoms. The van der Waals surface area contributed by atoms with E-state index >= 15 is 0 Å². The second-order valence-corrected chi connectivity index (χ2v) is 9.79. The van der Waals surface area contributed by atoms with Gasteiger partial charge < -0.3 is 4.90 Å². The number of rotatable bonds is 3. The molecule has 2 aromatic rings. The lowest BCUT2D eigenvalue weighted by Crippen LogP contribution is -2.53. The molecule has 1 amide bonds. The fourth-order valence-electron chi connectivity index (χ4n) is 4.76. The fourth-order valence-corrected chi connectivity index (χ4v) is 5.69. The zero-order chi connectivity index (χ0) is 24.5. The molecule has 184 valence electrons. The summed E-state index contributed by atoms with van der Waals surface area (Å²) in [4.78, 5) is 17.0. The van der Waals surface area contributed by atoms with Crippen molar-refractivity contribution in [3.05, 3.63) is 70.8 Å². The van der Waals surface area contributed by atoms with Crippen LogP contribution in [-0.2, 0) is 12.4 Å². The van der Waals surface area contributed by atoms with Gasteiger partial charge in [0.1, 0.15) is 0 Å². The molecule has 2 aliphatic rings. The van der Waals surface area contributed by atoms with Crippen LogP contribution in [0.3, 0.4) is 0 Å². The molecule has 2 saturated heterocycles. The Hall–Kier alpha value is -2.20. The van der Waals surface area contributed by atoms with E-state index in [-0.39, 0.29) is 31.1 Å². The van der Waals surface area contributed by atoms with Gasteiger partial charge >= 0.3 is 12.4 Å². The summed E-state index contributed by atoms with van der Waals surface area (Å²) in [5, 5.41) is 0. The highest BCUT2D eigenvalue weighted by Crippen LogP contribution is 2.38. The number of hydrogen-bond acceptors (Lipinski definition) is 3. The molecular weight excluding hydrogens is 478 g/mol. The Balaban J connectivity index is 1.64. The Morgan fingerprint density at radius 3 is 2.00 bits per heavy atom. The van der Waals surface area contributed by atoms with Crippen molar-refractivity contribution in [3.8, 4) is 0 Å². The second kappa shape index (κ2) is 9.81. The van der Waals surface area contributed by atoms with Crippen LogP contribution in [0.4, 0.5) is 26.3 Å². The van der Waals surface area contributed by atoms with Crippen LogP contribution in [0.25, 0.3) is 0 Å². The van der Waals surface area contributed by atoms with Gasteiger partial charge in [0, 0.05) is 55.2 Å². The summed E-state index contributed by atoms with van der Waals surface area (Å²) in [6.07, 6.45) is -9.40. The van der Waals surface area contributed by atoms with Crippen LogP contribution in [0.1, 0.15) is 39.4 Å². The predicted octanol–water partition coefficient (Wildman–Crippen LogP) is 5.77. The van der Waals surface area contributed by atoms with Crippen LogP contribution in [0.2, 0.25) is 0 Å². The van der Waals surface area contributed by atoms with E-state index in [9.17, 15) is 31.1 Å². The molecule has 0 aliphatic carbocycles. The molecular formula is C24H24F6N2OS. The van der Waals surface area contributed by atoms with Gasteiger partial charge in [-0.3, -0.25) is 9.69 Å². The first-order valence-electron chi connectivity index (χ1n) is 11.0. The van der Waals surface area contributed by atoms with E-state index in [1.807, 2.05) is 42.1 Å². The quantitative estimate of drug-likeness (QED) is 0.498. The monoisotopic (exact) mass is 502 g/mol. The number of thioether (sulfide) groups is 1. The van der Waals surface area contributed by atoms with Gasteiger partial charge in [0.2, 0.25) is 0 Å². The van der Waals surface area contributed by atoms with Crippen molar-refractivity contribution in [1.82, 2.24) is 9.80 Å². The number of halogens is 6. The number of carbonyl (C=O) groups is 1. The summed E-state index contributed by atoms with van der Waals surface area (Å²) >= 11 is 1.88. The van der Waals surface area contributed by atoms with Crippen molar-refractivity contribution >= 4 is 17.7 Å². The predicted molar refractivity (Wildman–Crippen MR) is 119 cm³/mol. The Labute approximate surface area is 198 Å². The highest BCUT2D eigenvalue weighted by Gasteiger charge is 2.40. The van der Waals surface area contributed by atoms with E-state index in [1.165, 1.54) is 4.90 Å². The van der Waals surface area contributed by atoms with E-state index in [4.69, 9.17) is 0 Å². The normalized spacial score (nSPS) is 22.6. The SMILES string of the molecule is O=C(c1cc(C(F)(F)F)cc(C(F)(F)F)c1)N1CC[C@@H](N2CCSCC2)[C@@H](c2ccccc2)C1. The van der Waals surface area contributed by atoms with Gasteiger partial charge in [0.25, 0.3) is 5.91 Å². The van der Waals surface area contributed by atoms with Crippen molar-refractivity contribution in [3.63, 3.8) is 0 Å². The molecule has 2 heterocycles. The number of piperidine rings is 1. The highest BCUT2D eigenvalue weighted by molar-refractivity contribution is 7.99. The molecule has 2 aromatic carbocycles. The number of hydrogen-bond donors (Lipinski definition) is 0. The van der Waals surface area contributed by atoms with Gasteiger partial charge in [-0.25, -0.2) is 0 Å². The lowest BCUT2D eigenvalue weighted by molar-refractivity contribution is -0.143. The Morgan fingerprint density at radius 1 is 0.853 bits per heavy atom. The minimum Gasteiger partial charge on any atom is -0.338 e. The molecule has 0 saturated carbocycles. The molecule has 0 aromatic heterocycles.